The molecular formula is C6H14N2OS. The van der Waals surface area contributed by atoms with Gasteiger partial charge in [-0.05, 0) is 6.26 Å². The molecule has 4 heteroatoms. The molecule has 0 aromatic carbocycles. The number of amides is 2. The van der Waals surface area contributed by atoms with Gasteiger partial charge in [-0.3, -0.25) is 0 Å². The minimum atomic E-state index is -0.569. The maximum absolute atomic E-state index is 10.3. The zero-order chi connectivity index (χ0) is 8.36. The zero-order valence-corrected chi connectivity index (χ0v) is 7.66. The molecule has 0 fully saturated rings. The molecular weight excluding hydrogens is 148 g/mol. The molecule has 3 nitrogen and oxygen atoms in total. The van der Waals surface area contributed by atoms with E-state index < -0.39 is 6.03 Å². The first-order valence-electron chi connectivity index (χ1n) is 3.01. The van der Waals surface area contributed by atoms with Crippen LogP contribution in [-0.2, 0) is 10.7 Å². The van der Waals surface area contributed by atoms with Crippen molar-refractivity contribution >= 4 is 16.7 Å². The Morgan fingerprint density at radius 3 is 2.00 bits per heavy atom. The third-order valence-electron chi connectivity index (χ3n) is 1.11. The molecule has 0 radical (unpaired) electrons. The van der Waals surface area contributed by atoms with Crippen LogP contribution in [-0.4, -0.2) is 17.0 Å². The predicted octanol–water partition coefficient (Wildman–Crippen LogP) is 1.30. The minimum Gasteiger partial charge on any atom is -0.349 e. The normalized spacial score (nSPS) is 15.2. The van der Waals surface area contributed by atoms with Crippen LogP contribution in [0.4, 0.5) is 4.79 Å². The summed E-state index contributed by atoms with van der Waals surface area (Å²) in [5.74, 6) is 0. The third kappa shape index (κ3) is 3.61. The fourth-order valence-corrected chi connectivity index (χ4v) is 0.816. The number of carbonyl (C=O) groups is 1. The summed E-state index contributed by atoms with van der Waals surface area (Å²) in [5, 5.41) is 0. The van der Waals surface area contributed by atoms with Crippen LogP contribution < -0.4 is 5.73 Å². The van der Waals surface area contributed by atoms with E-state index in [1.54, 1.807) is 0 Å². The Morgan fingerprint density at radius 2 is 1.90 bits per heavy atom. The molecule has 0 aromatic heterocycles. The Labute approximate surface area is 64.1 Å². The van der Waals surface area contributed by atoms with Gasteiger partial charge in [-0.1, -0.05) is 31.5 Å². The highest BCUT2D eigenvalue weighted by atomic mass is 32.2. The lowest BCUT2D eigenvalue weighted by molar-refractivity contribution is 0.257. The van der Waals surface area contributed by atoms with E-state index in [0.717, 1.165) is 0 Å². The SMILES string of the molecule is C/S(=N\C(N)=O)C(C)(C)C. The monoisotopic (exact) mass is 162 g/mol. The van der Waals surface area contributed by atoms with Gasteiger partial charge in [-0.2, -0.15) is 4.36 Å². The molecule has 0 heterocycles. The topological polar surface area (TPSA) is 55.4 Å². The molecule has 0 aliphatic heterocycles. The highest BCUT2D eigenvalue weighted by molar-refractivity contribution is 7.88. The molecule has 0 rings (SSSR count). The average molecular weight is 162 g/mol. The summed E-state index contributed by atoms with van der Waals surface area (Å²) in [7, 11) is -0.267. The molecule has 0 spiro atoms. The Hall–Kier alpha value is -0.380. The maximum atomic E-state index is 10.3. The quantitative estimate of drug-likeness (QED) is 0.573. The lowest BCUT2D eigenvalue weighted by Crippen LogP contribution is -2.22. The summed E-state index contributed by atoms with van der Waals surface area (Å²) >= 11 is 0. The number of hydrogen-bond acceptors (Lipinski definition) is 1. The Balaban J connectivity index is 4.35. The van der Waals surface area contributed by atoms with Gasteiger partial charge in [0.1, 0.15) is 0 Å². The first-order chi connectivity index (χ1) is 4.34. The van der Waals surface area contributed by atoms with Crippen LogP contribution in [0.1, 0.15) is 20.8 Å². The van der Waals surface area contributed by atoms with Crippen molar-refractivity contribution in [3.8, 4) is 0 Å². The van der Waals surface area contributed by atoms with E-state index in [1.165, 1.54) is 0 Å². The van der Waals surface area contributed by atoms with Crippen molar-refractivity contribution in [3.63, 3.8) is 0 Å². The predicted molar refractivity (Wildman–Crippen MR) is 45.1 cm³/mol. The minimum absolute atomic E-state index is 0.0506. The van der Waals surface area contributed by atoms with Crippen LogP contribution in [0.25, 0.3) is 0 Å². The molecule has 1 atom stereocenters. The van der Waals surface area contributed by atoms with E-state index in [-0.39, 0.29) is 15.4 Å². The van der Waals surface area contributed by atoms with Crippen molar-refractivity contribution < 1.29 is 4.79 Å². The second kappa shape index (κ2) is 3.14. The van der Waals surface area contributed by atoms with E-state index >= 15 is 0 Å². The number of nitrogens with two attached hydrogens (primary N) is 1. The molecule has 10 heavy (non-hydrogen) atoms. The molecule has 1 unspecified atom stereocenters. The van der Waals surface area contributed by atoms with Gasteiger partial charge in [0.15, 0.2) is 0 Å². The van der Waals surface area contributed by atoms with E-state index in [2.05, 4.69) is 4.36 Å². The van der Waals surface area contributed by atoms with Gasteiger partial charge >= 0.3 is 6.03 Å². The number of rotatable bonds is 0. The van der Waals surface area contributed by atoms with Crippen molar-refractivity contribution in [1.82, 2.24) is 0 Å². The number of hydrogen-bond donors (Lipinski definition) is 1. The van der Waals surface area contributed by atoms with Gasteiger partial charge in [0.25, 0.3) is 0 Å². The van der Waals surface area contributed by atoms with Crippen LogP contribution in [0.15, 0.2) is 4.36 Å². The van der Waals surface area contributed by atoms with E-state index in [1.807, 2.05) is 27.0 Å². The highest BCUT2D eigenvalue weighted by Crippen LogP contribution is 2.10. The van der Waals surface area contributed by atoms with E-state index in [9.17, 15) is 4.79 Å². The summed E-state index contributed by atoms with van der Waals surface area (Å²) in [6.07, 6.45) is 1.91. The van der Waals surface area contributed by atoms with Crippen LogP contribution in [0.5, 0.6) is 0 Å². The summed E-state index contributed by atoms with van der Waals surface area (Å²) in [6.45, 7) is 6.09. The van der Waals surface area contributed by atoms with Crippen molar-refractivity contribution in [1.29, 1.82) is 0 Å². The fourth-order valence-electron chi connectivity index (χ4n) is 0.272. The van der Waals surface area contributed by atoms with E-state index in [0.29, 0.717) is 0 Å². The first-order valence-corrected chi connectivity index (χ1v) is 4.60. The maximum Gasteiger partial charge on any atom is 0.344 e. The van der Waals surface area contributed by atoms with Crippen molar-refractivity contribution in [2.75, 3.05) is 6.26 Å². The Kier molecular flexibility index (Phi) is 3.02. The smallest absolute Gasteiger partial charge is 0.344 e. The van der Waals surface area contributed by atoms with Crippen molar-refractivity contribution in [2.45, 2.75) is 25.5 Å². The summed E-state index contributed by atoms with van der Waals surface area (Å²) in [5.41, 5.74) is 4.89. The molecule has 2 amide bonds. The van der Waals surface area contributed by atoms with Gasteiger partial charge in [0.2, 0.25) is 0 Å². The van der Waals surface area contributed by atoms with Gasteiger partial charge < -0.3 is 5.73 Å². The number of primary amides is 1. The molecule has 0 aliphatic carbocycles. The Morgan fingerprint density at radius 1 is 1.50 bits per heavy atom. The highest BCUT2D eigenvalue weighted by Gasteiger charge is 2.12. The second-order valence-electron chi connectivity index (χ2n) is 3.02. The molecule has 2 N–H and O–H groups in total. The average Bonchev–Trinajstić information content (AvgIpc) is 1.60. The number of carbonyl (C=O) groups excluding carboxylic acids is 1. The van der Waals surface area contributed by atoms with Gasteiger partial charge in [-0.15, -0.1) is 0 Å². The number of urea groups is 1. The number of nitrogens with zero attached hydrogens (tertiary/aromatic N) is 1. The Bertz CT molecular complexity index is 169. The molecule has 0 bridgehead atoms. The molecule has 0 saturated carbocycles. The van der Waals surface area contributed by atoms with Gasteiger partial charge in [0.05, 0.1) is 0 Å². The molecule has 60 valence electrons. The van der Waals surface area contributed by atoms with Crippen molar-refractivity contribution in [2.24, 2.45) is 10.1 Å². The first kappa shape index (κ1) is 9.62. The third-order valence-corrected chi connectivity index (χ3v) is 3.34. The largest absolute Gasteiger partial charge is 0.349 e. The molecule has 0 saturated heterocycles. The summed E-state index contributed by atoms with van der Waals surface area (Å²) in [4.78, 5) is 10.3. The van der Waals surface area contributed by atoms with E-state index in [4.69, 9.17) is 5.73 Å². The standard InChI is InChI=1S/C6H14N2OS/c1-6(2,3)10(4)8-5(7)9/h1-4H3,(H2,7,9). The lowest BCUT2D eigenvalue weighted by atomic mass is 10.3. The summed E-state index contributed by atoms with van der Waals surface area (Å²) < 4.78 is 3.77. The molecule has 0 aromatic rings. The van der Waals surface area contributed by atoms with Crippen LogP contribution >= 0.6 is 0 Å². The van der Waals surface area contributed by atoms with Crippen LogP contribution in [0.2, 0.25) is 0 Å². The molecule has 0 aliphatic rings. The fraction of sp³-hybridized carbons (Fsp3) is 0.833. The zero-order valence-electron chi connectivity index (χ0n) is 6.84. The second-order valence-corrected chi connectivity index (χ2v) is 5.38. The van der Waals surface area contributed by atoms with Gasteiger partial charge in [-0.25, -0.2) is 4.79 Å². The van der Waals surface area contributed by atoms with Gasteiger partial charge in [0, 0.05) is 4.75 Å². The summed E-state index contributed by atoms with van der Waals surface area (Å²) in [6, 6.07) is -0.569. The van der Waals surface area contributed by atoms with Crippen LogP contribution in [0, 0.1) is 0 Å². The van der Waals surface area contributed by atoms with Crippen LogP contribution in [0.3, 0.4) is 0 Å². The van der Waals surface area contributed by atoms with Crippen molar-refractivity contribution in [3.05, 3.63) is 0 Å². The lowest BCUT2D eigenvalue weighted by Gasteiger charge is -2.17.